The van der Waals surface area contributed by atoms with Crippen molar-refractivity contribution in [1.82, 2.24) is 15.3 Å². The molecule has 4 nitrogen and oxygen atoms in total. The molecule has 24 heavy (non-hydrogen) atoms. The normalized spacial score (nSPS) is 17.4. The van der Waals surface area contributed by atoms with Gasteiger partial charge >= 0.3 is 6.18 Å². The van der Waals surface area contributed by atoms with Crippen LogP contribution in [0.25, 0.3) is 0 Å². The maximum absolute atomic E-state index is 12.6. The van der Waals surface area contributed by atoms with Crippen LogP contribution in [0.3, 0.4) is 0 Å². The van der Waals surface area contributed by atoms with Gasteiger partial charge in [-0.3, -0.25) is 9.97 Å². The molecule has 1 atom stereocenters. The molecule has 2 heterocycles. The molecule has 0 amide bonds. The van der Waals surface area contributed by atoms with Gasteiger partial charge in [-0.2, -0.15) is 13.2 Å². The SMILES string of the molecule is COc1ccnc2c1CCCC2NCc1ccc(C(F)(F)F)cn1. The van der Waals surface area contributed by atoms with Crippen molar-refractivity contribution in [3.63, 3.8) is 0 Å². The Kier molecular flexibility index (Phi) is 4.71. The molecule has 1 aliphatic rings. The van der Waals surface area contributed by atoms with E-state index in [1.807, 2.05) is 6.07 Å². The molecule has 3 rings (SSSR count). The lowest BCUT2D eigenvalue weighted by molar-refractivity contribution is -0.137. The number of alkyl halides is 3. The first-order valence-electron chi connectivity index (χ1n) is 7.76. The highest BCUT2D eigenvalue weighted by atomic mass is 19.4. The van der Waals surface area contributed by atoms with Crippen molar-refractivity contribution >= 4 is 0 Å². The predicted molar refractivity (Wildman–Crippen MR) is 82.5 cm³/mol. The molecular formula is C17H18F3N3O. The molecule has 0 radical (unpaired) electrons. The average Bonchev–Trinajstić information content (AvgIpc) is 2.59. The summed E-state index contributed by atoms with van der Waals surface area (Å²) in [5.74, 6) is 0.833. The summed E-state index contributed by atoms with van der Waals surface area (Å²) in [6, 6.07) is 4.35. The second-order valence-electron chi connectivity index (χ2n) is 5.74. The Morgan fingerprint density at radius 2 is 2.08 bits per heavy atom. The summed E-state index contributed by atoms with van der Waals surface area (Å²) in [6.07, 6.45) is 1.08. The fourth-order valence-electron chi connectivity index (χ4n) is 2.98. The van der Waals surface area contributed by atoms with E-state index in [4.69, 9.17) is 4.74 Å². The summed E-state index contributed by atoms with van der Waals surface area (Å²) in [4.78, 5) is 8.35. The van der Waals surface area contributed by atoms with Gasteiger partial charge in [-0.25, -0.2) is 0 Å². The topological polar surface area (TPSA) is 47.0 Å². The lowest BCUT2D eigenvalue weighted by Gasteiger charge is -2.26. The fourth-order valence-corrected chi connectivity index (χ4v) is 2.98. The van der Waals surface area contributed by atoms with Crippen LogP contribution in [0.1, 0.15) is 41.4 Å². The van der Waals surface area contributed by atoms with E-state index in [2.05, 4.69) is 15.3 Å². The van der Waals surface area contributed by atoms with Crippen molar-refractivity contribution in [3.05, 3.63) is 53.1 Å². The minimum atomic E-state index is -4.36. The summed E-state index contributed by atoms with van der Waals surface area (Å²) in [7, 11) is 1.64. The molecular weight excluding hydrogens is 319 g/mol. The first kappa shape index (κ1) is 16.7. The van der Waals surface area contributed by atoms with Gasteiger partial charge in [-0.05, 0) is 37.5 Å². The Balaban J connectivity index is 1.70. The quantitative estimate of drug-likeness (QED) is 0.925. The second-order valence-corrected chi connectivity index (χ2v) is 5.74. The van der Waals surface area contributed by atoms with Crippen LogP contribution in [-0.2, 0) is 19.1 Å². The van der Waals surface area contributed by atoms with Crippen LogP contribution in [0.4, 0.5) is 13.2 Å². The van der Waals surface area contributed by atoms with Crippen LogP contribution in [0.2, 0.25) is 0 Å². The highest BCUT2D eigenvalue weighted by Gasteiger charge is 2.30. The van der Waals surface area contributed by atoms with E-state index in [1.54, 1.807) is 13.3 Å². The van der Waals surface area contributed by atoms with Crippen molar-refractivity contribution in [1.29, 1.82) is 0 Å². The number of nitrogens with zero attached hydrogens (tertiary/aromatic N) is 2. The van der Waals surface area contributed by atoms with Gasteiger partial charge in [-0.15, -0.1) is 0 Å². The number of hydrogen-bond donors (Lipinski definition) is 1. The van der Waals surface area contributed by atoms with Gasteiger partial charge in [0.15, 0.2) is 0 Å². The zero-order chi connectivity index (χ0) is 17.2. The molecule has 1 unspecified atom stereocenters. The van der Waals surface area contributed by atoms with Gasteiger partial charge in [0.25, 0.3) is 0 Å². The van der Waals surface area contributed by atoms with E-state index in [9.17, 15) is 13.2 Å². The molecule has 128 valence electrons. The molecule has 0 bridgehead atoms. The number of nitrogens with one attached hydrogen (secondary N) is 1. The van der Waals surface area contributed by atoms with Crippen LogP contribution >= 0.6 is 0 Å². The molecule has 2 aromatic heterocycles. The molecule has 2 aromatic rings. The third-order valence-corrected chi connectivity index (χ3v) is 4.20. The summed E-state index contributed by atoms with van der Waals surface area (Å²) >= 11 is 0. The minimum Gasteiger partial charge on any atom is -0.496 e. The van der Waals surface area contributed by atoms with Gasteiger partial charge in [0, 0.05) is 24.5 Å². The zero-order valence-corrected chi connectivity index (χ0v) is 13.2. The molecule has 0 aliphatic heterocycles. The Hall–Kier alpha value is -2.15. The van der Waals surface area contributed by atoms with Crippen molar-refractivity contribution < 1.29 is 17.9 Å². The van der Waals surface area contributed by atoms with E-state index < -0.39 is 11.7 Å². The largest absolute Gasteiger partial charge is 0.496 e. The molecule has 7 heteroatoms. The van der Waals surface area contributed by atoms with Gasteiger partial charge in [0.05, 0.1) is 30.1 Å². The fraction of sp³-hybridized carbons (Fsp3) is 0.412. The van der Waals surface area contributed by atoms with Gasteiger partial charge in [0.1, 0.15) is 5.75 Å². The van der Waals surface area contributed by atoms with Crippen LogP contribution in [-0.4, -0.2) is 17.1 Å². The molecule has 0 spiro atoms. The number of rotatable bonds is 4. The lowest BCUT2D eigenvalue weighted by Crippen LogP contribution is -2.26. The monoisotopic (exact) mass is 337 g/mol. The van der Waals surface area contributed by atoms with Crippen LogP contribution in [0.5, 0.6) is 5.75 Å². The maximum atomic E-state index is 12.6. The standard InChI is InChI=1S/C17H18F3N3O/c1-24-15-7-8-21-16-13(15)3-2-4-14(16)23-10-12-6-5-11(9-22-12)17(18,19)20/h5-9,14,23H,2-4,10H2,1H3. The number of aromatic nitrogens is 2. The zero-order valence-electron chi connectivity index (χ0n) is 13.2. The Morgan fingerprint density at radius 1 is 1.25 bits per heavy atom. The van der Waals surface area contributed by atoms with Crippen molar-refractivity contribution in [2.75, 3.05) is 7.11 Å². The molecule has 0 saturated heterocycles. The summed E-state index contributed by atoms with van der Waals surface area (Å²) < 4.78 is 43.1. The molecule has 0 fully saturated rings. The smallest absolute Gasteiger partial charge is 0.417 e. The maximum Gasteiger partial charge on any atom is 0.417 e. The van der Waals surface area contributed by atoms with Gasteiger partial charge < -0.3 is 10.1 Å². The molecule has 1 N–H and O–H groups in total. The van der Waals surface area contributed by atoms with E-state index in [0.717, 1.165) is 48.5 Å². The Morgan fingerprint density at radius 3 is 2.75 bits per heavy atom. The first-order chi connectivity index (χ1) is 11.5. The van der Waals surface area contributed by atoms with Gasteiger partial charge in [0.2, 0.25) is 0 Å². The third-order valence-electron chi connectivity index (χ3n) is 4.20. The Bertz CT molecular complexity index is 701. The van der Waals surface area contributed by atoms with Crippen LogP contribution in [0, 0.1) is 0 Å². The lowest BCUT2D eigenvalue weighted by atomic mass is 9.91. The minimum absolute atomic E-state index is 0.0490. The number of methoxy groups -OCH3 is 1. The third kappa shape index (κ3) is 3.51. The van der Waals surface area contributed by atoms with E-state index >= 15 is 0 Å². The molecule has 0 aromatic carbocycles. The number of pyridine rings is 2. The van der Waals surface area contributed by atoms with Crippen LogP contribution < -0.4 is 10.1 Å². The van der Waals surface area contributed by atoms with Gasteiger partial charge in [-0.1, -0.05) is 0 Å². The second kappa shape index (κ2) is 6.76. The highest BCUT2D eigenvalue weighted by molar-refractivity contribution is 5.39. The Labute approximate surface area is 138 Å². The summed E-state index contributed by atoms with van der Waals surface area (Å²) in [6.45, 7) is 0.390. The molecule has 1 aliphatic carbocycles. The summed E-state index contributed by atoms with van der Waals surface area (Å²) in [5.41, 5.74) is 1.88. The predicted octanol–water partition coefficient (Wildman–Crippen LogP) is 3.67. The van der Waals surface area contributed by atoms with E-state index in [-0.39, 0.29) is 6.04 Å². The van der Waals surface area contributed by atoms with Crippen molar-refractivity contribution in [2.24, 2.45) is 0 Å². The molecule has 0 saturated carbocycles. The number of ether oxygens (including phenoxy) is 1. The van der Waals surface area contributed by atoms with E-state index in [0.29, 0.717) is 12.2 Å². The number of halogens is 3. The number of hydrogen-bond acceptors (Lipinski definition) is 4. The van der Waals surface area contributed by atoms with Crippen molar-refractivity contribution in [3.8, 4) is 5.75 Å². The average molecular weight is 337 g/mol. The highest BCUT2D eigenvalue weighted by Crippen LogP contribution is 2.34. The van der Waals surface area contributed by atoms with Crippen LogP contribution in [0.15, 0.2) is 30.6 Å². The van der Waals surface area contributed by atoms with E-state index in [1.165, 1.54) is 6.07 Å². The van der Waals surface area contributed by atoms with Crippen molar-refractivity contribution in [2.45, 2.75) is 38.0 Å². The number of fused-ring (bicyclic) bond motifs is 1. The summed E-state index contributed by atoms with van der Waals surface area (Å²) in [5, 5.41) is 3.34. The first-order valence-corrected chi connectivity index (χ1v) is 7.76.